The van der Waals surface area contributed by atoms with Gasteiger partial charge in [-0.25, -0.2) is 17.6 Å². The van der Waals surface area contributed by atoms with E-state index in [1.807, 2.05) is 6.92 Å². The van der Waals surface area contributed by atoms with E-state index >= 15 is 0 Å². The van der Waals surface area contributed by atoms with Crippen LogP contribution in [0.4, 0.5) is 14.9 Å². The first-order valence-electron chi connectivity index (χ1n) is 14.0. The molecular formula is C29H39FN4O6S. The Balaban J connectivity index is 1.65. The quantitative estimate of drug-likeness (QED) is 0.429. The maximum absolute atomic E-state index is 13.7. The summed E-state index contributed by atoms with van der Waals surface area (Å²) in [6.45, 7) is 3.42. The summed E-state index contributed by atoms with van der Waals surface area (Å²) < 4.78 is 47.5. The summed E-state index contributed by atoms with van der Waals surface area (Å²) in [5.74, 6) is -1.14. The number of carbonyl (C=O) groups is 2. The van der Waals surface area contributed by atoms with Crippen LogP contribution < -0.4 is 15.4 Å². The summed E-state index contributed by atoms with van der Waals surface area (Å²) in [6, 6.07) is 8.58. The number of anilines is 1. The zero-order chi connectivity index (χ0) is 29.7. The number of hydrogen-bond acceptors (Lipinski definition) is 6. The monoisotopic (exact) mass is 590 g/mol. The largest absolute Gasteiger partial charge is 0.486 e. The second-order valence-electron chi connectivity index (χ2n) is 11.0. The Labute approximate surface area is 240 Å². The number of rotatable bonds is 8. The van der Waals surface area contributed by atoms with E-state index in [4.69, 9.17) is 4.74 Å². The number of halogens is 1. The van der Waals surface area contributed by atoms with Gasteiger partial charge in [-0.2, -0.15) is 4.31 Å². The number of para-hydroxylation sites is 1. The zero-order valence-electron chi connectivity index (χ0n) is 23.7. The molecule has 0 spiro atoms. The number of sulfonamides is 1. The molecule has 1 heterocycles. The number of urea groups is 1. The summed E-state index contributed by atoms with van der Waals surface area (Å²) in [5, 5.41) is 15.7. The number of likely N-dealkylation sites (N-methyl/N-ethyl adjacent to an activating group) is 1. The number of carbonyl (C=O) groups excluding carboxylic acids is 2. The summed E-state index contributed by atoms with van der Waals surface area (Å²) in [6.07, 6.45) is 4.32. The molecule has 1 aliphatic heterocycles. The van der Waals surface area contributed by atoms with Crippen LogP contribution in [0.5, 0.6) is 5.75 Å². The van der Waals surface area contributed by atoms with Gasteiger partial charge in [-0.05, 0) is 56.2 Å². The first kappa shape index (κ1) is 30.7. The van der Waals surface area contributed by atoms with Crippen molar-refractivity contribution in [2.24, 2.45) is 5.92 Å². The lowest BCUT2D eigenvalue weighted by Gasteiger charge is -2.38. The number of aliphatic hydroxyl groups excluding tert-OH is 1. The standard InChI is InChI=1S/C29H39FN4O6S/c1-19-16-34(20(2)18-35)28(36)24-10-7-11-25(32-29(37)31-22-8-5-4-6-9-22)27(24)40-26(19)17-33(3)41(38,39)23-14-12-21(30)13-15-23/h7,10-15,19-20,22,26,35H,4-6,8-9,16-18H2,1-3H3,(H2,31,32,37)/t19-,20+,26+/m0/s1. The van der Waals surface area contributed by atoms with Crippen LogP contribution in [-0.4, -0.2) is 79.6 Å². The fourth-order valence-corrected chi connectivity index (χ4v) is 6.47. The van der Waals surface area contributed by atoms with Crippen molar-refractivity contribution in [2.45, 2.75) is 69.0 Å². The molecule has 1 saturated carbocycles. The van der Waals surface area contributed by atoms with Gasteiger partial charge in [0.1, 0.15) is 11.9 Å². The van der Waals surface area contributed by atoms with E-state index in [9.17, 15) is 27.5 Å². The van der Waals surface area contributed by atoms with E-state index in [2.05, 4.69) is 10.6 Å². The van der Waals surface area contributed by atoms with E-state index in [0.717, 1.165) is 48.5 Å². The highest BCUT2D eigenvalue weighted by molar-refractivity contribution is 7.89. The smallest absolute Gasteiger partial charge is 0.319 e. The number of ether oxygens (including phenoxy) is 1. The lowest BCUT2D eigenvalue weighted by atomic mass is 9.96. The van der Waals surface area contributed by atoms with Crippen molar-refractivity contribution >= 4 is 27.6 Å². The molecule has 0 aromatic heterocycles. The molecular weight excluding hydrogens is 551 g/mol. The average Bonchev–Trinajstić information content (AvgIpc) is 2.95. The molecule has 1 fully saturated rings. The van der Waals surface area contributed by atoms with Gasteiger partial charge >= 0.3 is 6.03 Å². The molecule has 2 aromatic rings. The summed E-state index contributed by atoms with van der Waals surface area (Å²) in [5.41, 5.74) is 0.477. The van der Waals surface area contributed by atoms with Gasteiger partial charge in [-0.15, -0.1) is 0 Å². The van der Waals surface area contributed by atoms with Gasteiger partial charge in [0, 0.05) is 25.6 Å². The van der Waals surface area contributed by atoms with Crippen LogP contribution >= 0.6 is 0 Å². The van der Waals surface area contributed by atoms with E-state index in [1.165, 1.54) is 19.2 Å². The third-order valence-corrected chi connectivity index (χ3v) is 9.68. The number of nitrogens with zero attached hydrogens (tertiary/aromatic N) is 2. The zero-order valence-corrected chi connectivity index (χ0v) is 24.5. The molecule has 224 valence electrons. The molecule has 3 amide bonds. The minimum Gasteiger partial charge on any atom is -0.486 e. The number of amides is 3. The van der Waals surface area contributed by atoms with Gasteiger partial charge in [0.05, 0.1) is 35.3 Å². The van der Waals surface area contributed by atoms with Crippen molar-refractivity contribution in [3.8, 4) is 5.75 Å². The molecule has 0 saturated heterocycles. The first-order chi connectivity index (χ1) is 19.5. The molecule has 0 radical (unpaired) electrons. The molecule has 41 heavy (non-hydrogen) atoms. The number of aliphatic hydroxyl groups is 1. The Morgan fingerprint density at radius 2 is 1.85 bits per heavy atom. The maximum atomic E-state index is 13.7. The Morgan fingerprint density at radius 3 is 2.51 bits per heavy atom. The molecule has 0 bridgehead atoms. The Hall–Kier alpha value is -3.22. The van der Waals surface area contributed by atoms with Crippen molar-refractivity contribution in [1.82, 2.24) is 14.5 Å². The van der Waals surface area contributed by atoms with Gasteiger partial charge in [0.2, 0.25) is 10.0 Å². The third kappa shape index (κ3) is 7.17. The molecule has 2 aromatic carbocycles. The van der Waals surface area contributed by atoms with Crippen LogP contribution in [-0.2, 0) is 10.0 Å². The van der Waals surface area contributed by atoms with Gasteiger partial charge < -0.3 is 25.4 Å². The van der Waals surface area contributed by atoms with Crippen molar-refractivity contribution in [1.29, 1.82) is 0 Å². The van der Waals surface area contributed by atoms with Crippen molar-refractivity contribution in [2.75, 3.05) is 32.1 Å². The number of hydrogen-bond donors (Lipinski definition) is 3. The average molecular weight is 591 g/mol. The minimum absolute atomic E-state index is 0.0623. The molecule has 2 aliphatic rings. The normalized spacial score (nSPS) is 20.9. The Bertz CT molecular complexity index is 1330. The van der Waals surface area contributed by atoms with Crippen LogP contribution in [0.25, 0.3) is 0 Å². The fraction of sp³-hybridized carbons (Fsp3) is 0.517. The fourth-order valence-electron chi connectivity index (χ4n) is 5.29. The van der Waals surface area contributed by atoms with Gasteiger partial charge in [-0.3, -0.25) is 4.79 Å². The number of fused-ring (bicyclic) bond motifs is 1. The van der Waals surface area contributed by atoms with Crippen LogP contribution in [0, 0.1) is 11.7 Å². The molecule has 3 N–H and O–H groups in total. The molecule has 12 heteroatoms. The summed E-state index contributed by atoms with van der Waals surface area (Å²) >= 11 is 0. The first-order valence-corrected chi connectivity index (χ1v) is 15.5. The molecule has 0 unspecified atom stereocenters. The molecule has 3 atom stereocenters. The topological polar surface area (TPSA) is 128 Å². The third-order valence-electron chi connectivity index (χ3n) is 7.84. The lowest BCUT2D eigenvalue weighted by molar-refractivity contribution is 0.0389. The predicted molar refractivity (Wildman–Crippen MR) is 153 cm³/mol. The Kier molecular flexibility index (Phi) is 9.88. The Morgan fingerprint density at radius 1 is 1.17 bits per heavy atom. The SMILES string of the molecule is C[C@H](CO)N1C[C@H](C)[C@@H](CN(C)S(=O)(=O)c2ccc(F)cc2)Oc2c(NC(=O)NC3CCCCC3)cccc2C1=O. The summed E-state index contributed by atoms with van der Waals surface area (Å²) in [4.78, 5) is 28.1. The number of nitrogens with one attached hydrogen (secondary N) is 2. The lowest BCUT2D eigenvalue weighted by Crippen LogP contribution is -2.50. The van der Waals surface area contributed by atoms with E-state index < -0.39 is 34.0 Å². The molecule has 4 rings (SSSR count). The highest BCUT2D eigenvalue weighted by Gasteiger charge is 2.36. The van der Waals surface area contributed by atoms with Crippen LogP contribution in [0.2, 0.25) is 0 Å². The predicted octanol–water partition coefficient (Wildman–Crippen LogP) is 3.82. The highest BCUT2D eigenvalue weighted by atomic mass is 32.2. The van der Waals surface area contributed by atoms with E-state index in [0.29, 0.717) is 0 Å². The second kappa shape index (κ2) is 13.2. The second-order valence-corrected chi connectivity index (χ2v) is 13.0. The molecule has 1 aliphatic carbocycles. The highest BCUT2D eigenvalue weighted by Crippen LogP contribution is 2.35. The summed E-state index contributed by atoms with van der Waals surface area (Å²) in [7, 11) is -2.57. The van der Waals surface area contributed by atoms with E-state index in [-0.39, 0.29) is 59.5 Å². The molecule has 10 nitrogen and oxygen atoms in total. The van der Waals surface area contributed by atoms with Crippen molar-refractivity contribution < 1.29 is 32.2 Å². The van der Waals surface area contributed by atoms with Crippen molar-refractivity contribution in [3.63, 3.8) is 0 Å². The van der Waals surface area contributed by atoms with Crippen LogP contribution in [0.1, 0.15) is 56.3 Å². The van der Waals surface area contributed by atoms with Crippen LogP contribution in [0.15, 0.2) is 47.4 Å². The van der Waals surface area contributed by atoms with Crippen LogP contribution in [0.3, 0.4) is 0 Å². The maximum Gasteiger partial charge on any atom is 0.319 e. The van der Waals surface area contributed by atoms with Gasteiger partial charge in [0.15, 0.2) is 5.75 Å². The van der Waals surface area contributed by atoms with Crippen molar-refractivity contribution in [3.05, 3.63) is 53.8 Å². The van der Waals surface area contributed by atoms with E-state index in [1.54, 1.807) is 30.0 Å². The minimum atomic E-state index is -3.98. The van der Waals surface area contributed by atoms with Gasteiger partial charge in [0.25, 0.3) is 5.91 Å². The number of benzene rings is 2. The van der Waals surface area contributed by atoms with Gasteiger partial charge in [-0.1, -0.05) is 32.3 Å².